The van der Waals surface area contributed by atoms with Crippen LogP contribution in [-0.4, -0.2) is 30.6 Å². The van der Waals surface area contributed by atoms with Crippen molar-refractivity contribution in [1.29, 1.82) is 0 Å². The molecule has 0 fully saturated rings. The number of rotatable bonds is 0. The molecule has 0 saturated heterocycles. The van der Waals surface area contributed by atoms with E-state index in [-0.39, 0.29) is 0 Å². The summed E-state index contributed by atoms with van der Waals surface area (Å²) in [6, 6.07) is 28.8. The third-order valence-corrected chi connectivity index (χ3v) is 10.2. The Morgan fingerprint density at radius 2 is 0.333 bits per heavy atom. The highest BCUT2D eigenvalue weighted by Crippen LogP contribution is 2.41. The van der Waals surface area contributed by atoms with Crippen LogP contribution in [0, 0.1) is 0 Å². The van der Waals surface area contributed by atoms with Gasteiger partial charge in [-0.05, 0) is 117 Å². The molecule has 0 saturated carbocycles. The normalized spacial score (nSPS) is 34.0. The molecule has 48 heavy (non-hydrogen) atoms. The van der Waals surface area contributed by atoms with Crippen molar-refractivity contribution in [2.45, 2.75) is 33.6 Å². The molecule has 18 aliphatic rings. The van der Waals surface area contributed by atoms with E-state index < -0.39 is 33.6 Å². The van der Waals surface area contributed by atoms with Crippen LogP contribution < -0.4 is 0 Å². The van der Waals surface area contributed by atoms with E-state index in [4.69, 9.17) is 0 Å². The topological polar surface area (TPSA) is 121 Å². The molecule has 238 valence electrons. The Balaban J connectivity index is 1.20. The summed E-state index contributed by atoms with van der Waals surface area (Å²) in [5, 5.41) is 68.9. The number of hydrogen-bond donors (Lipinski definition) is 6. The van der Waals surface area contributed by atoms with Crippen LogP contribution in [0.5, 0.6) is 0 Å². The molecule has 0 radical (unpaired) electrons. The number of aliphatic hydroxyl groups is 6. The van der Waals surface area contributed by atoms with Crippen LogP contribution in [0.15, 0.2) is 170 Å². The molecule has 4 aromatic carbocycles. The fraction of sp³-hybridized carbons (Fsp3) is 0.143. The Hall–Kier alpha value is -4.92. The third-order valence-electron chi connectivity index (χ3n) is 10.2. The minimum Gasteiger partial charge on any atom is -0.377 e. The first-order valence-electron chi connectivity index (χ1n) is 15.8. The van der Waals surface area contributed by atoms with Gasteiger partial charge in [0.05, 0.1) is 0 Å². The van der Waals surface area contributed by atoms with Crippen LogP contribution in [-0.2, 0) is 33.6 Å². The molecule has 0 aliphatic heterocycles. The standard InChI is InChI=1S/C42H34O6/c43-37-17-21-39(45,22-18-37)33-9-13-35(14-10-33)41(47)25-27-42(48,28-26-41)36-15-11-34(12-16-36)40(46)23-19-38(44,20-24-40)32-7-3-30(4-8-32)29-1-5-31(37)6-2-29/h1-28,43-48H. The summed E-state index contributed by atoms with van der Waals surface area (Å²) in [6.45, 7) is 0. The van der Waals surface area contributed by atoms with Gasteiger partial charge in [-0.15, -0.1) is 0 Å². The van der Waals surface area contributed by atoms with E-state index in [1.54, 1.807) is 97.1 Å². The van der Waals surface area contributed by atoms with Gasteiger partial charge in [-0.25, -0.2) is 0 Å². The molecule has 0 unspecified atom stereocenters. The Morgan fingerprint density at radius 1 is 0.208 bits per heavy atom. The van der Waals surface area contributed by atoms with Crippen molar-refractivity contribution in [2.75, 3.05) is 0 Å². The highest BCUT2D eigenvalue weighted by molar-refractivity contribution is 5.65. The van der Waals surface area contributed by atoms with Crippen molar-refractivity contribution in [1.82, 2.24) is 0 Å². The zero-order valence-corrected chi connectivity index (χ0v) is 25.8. The zero-order chi connectivity index (χ0) is 33.4. The van der Waals surface area contributed by atoms with Crippen LogP contribution in [0.1, 0.15) is 33.4 Å². The fourth-order valence-corrected chi connectivity index (χ4v) is 6.88. The van der Waals surface area contributed by atoms with Gasteiger partial charge in [0.25, 0.3) is 0 Å². The predicted molar refractivity (Wildman–Crippen MR) is 183 cm³/mol. The van der Waals surface area contributed by atoms with Crippen LogP contribution in [0.3, 0.4) is 0 Å². The highest BCUT2D eigenvalue weighted by atomic mass is 16.3. The van der Waals surface area contributed by atoms with Crippen molar-refractivity contribution >= 4 is 0 Å². The maximum absolute atomic E-state index is 11.5. The van der Waals surface area contributed by atoms with Gasteiger partial charge >= 0.3 is 0 Å². The summed E-state index contributed by atoms with van der Waals surface area (Å²) in [4.78, 5) is 0. The van der Waals surface area contributed by atoms with Gasteiger partial charge in [-0.1, -0.05) is 97.1 Å². The van der Waals surface area contributed by atoms with Crippen LogP contribution in [0.4, 0.5) is 0 Å². The molecule has 6 N–H and O–H groups in total. The van der Waals surface area contributed by atoms with Crippen molar-refractivity contribution in [3.8, 4) is 11.1 Å². The number of hydrogen-bond acceptors (Lipinski definition) is 6. The summed E-state index contributed by atoms with van der Waals surface area (Å²) in [6.07, 6.45) is 18.6. The van der Waals surface area contributed by atoms with Gasteiger partial charge < -0.3 is 30.6 Å². The highest BCUT2D eigenvalue weighted by Gasteiger charge is 2.37. The first kappa shape index (κ1) is 30.4. The van der Waals surface area contributed by atoms with Crippen molar-refractivity contribution < 1.29 is 30.6 Å². The molecule has 6 heteroatoms. The second-order valence-electron chi connectivity index (χ2n) is 13.3. The molecule has 4 aromatic rings. The second kappa shape index (κ2) is 10.3. The Morgan fingerprint density at radius 3 is 0.479 bits per heavy atom. The summed E-state index contributed by atoms with van der Waals surface area (Å²) >= 11 is 0. The number of benzene rings is 4. The quantitative estimate of drug-likeness (QED) is 0.147. The van der Waals surface area contributed by atoms with E-state index in [0.29, 0.717) is 33.4 Å². The van der Waals surface area contributed by atoms with Gasteiger partial charge in [0.2, 0.25) is 0 Å². The van der Waals surface area contributed by atoms with Crippen LogP contribution in [0.25, 0.3) is 11.1 Å². The van der Waals surface area contributed by atoms with Crippen LogP contribution >= 0.6 is 0 Å². The van der Waals surface area contributed by atoms with E-state index in [0.717, 1.165) is 11.1 Å². The Bertz CT molecular complexity index is 1880. The van der Waals surface area contributed by atoms with Gasteiger partial charge in [0.15, 0.2) is 0 Å². The minimum absolute atomic E-state index is 0.542. The first-order chi connectivity index (χ1) is 22.8. The molecule has 0 atom stereocenters. The average Bonchev–Trinajstić information content (AvgIpc) is 3.12. The summed E-state index contributed by atoms with van der Waals surface area (Å²) in [7, 11) is 0. The van der Waals surface area contributed by atoms with E-state index in [1.165, 1.54) is 24.3 Å². The zero-order valence-electron chi connectivity index (χ0n) is 25.8. The van der Waals surface area contributed by atoms with Crippen molar-refractivity contribution in [3.63, 3.8) is 0 Å². The monoisotopic (exact) mass is 634 g/mol. The first-order valence-corrected chi connectivity index (χ1v) is 15.8. The lowest BCUT2D eigenvalue weighted by atomic mass is 9.78. The third kappa shape index (κ3) is 4.81. The summed E-state index contributed by atoms with van der Waals surface area (Å²) in [5.74, 6) is 0. The lowest BCUT2D eigenvalue weighted by Crippen LogP contribution is -2.31. The lowest BCUT2D eigenvalue weighted by molar-refractivity contribution is 0.103. The van der Waals surface area contributed by atoms with Crippen LogP contribution in [0.2, 0.25) is 0 Å². The molecular weight excluding hydrogens is 600 g/mol. The molecule has 6 nitrogen and oxygen atoms in total. The fourth-order valence-electron chi connectivity index (χ4n) is 6.88. The summed E-state index contributed by atoms with van der Waals surface area (Å²) in [5.41, 5.74) is -3.47. The van der Waals surface area contributed by atoms with Crippen molar-refractivity contribution in [3.05, 3.63) is 203 Å². The smallest absolute Gasteiger partial charge is 0.127 e. The summed E-state index contributed by atoms with van der Waals surface area (Å²) < 4.78 is 0. The van der Waals surface area contributed by atoms with Gasteiger partial charge in [-0.3, -0.25) is 0 Å². The van der Waals surface area contributed by atoms with E-state index >= 15 is 0 Å². The van der Waals surface area contributed by atoms with Crippen molar-refractivity contribution in [2.24, 2.45) is 0 Å². The Labute approximate surface area is 278 Å². The molecule has 14 bridgehead atoms. The van der Waals surface area contributed by atoms with Gasteiger partial charge in [0, 0.05) is 0 Å². The van der Waals surface area contributed by atoms with Gasteiger partial charge in [-0.2, -0.15) is 0 Å². The van der Waals surface area contributed by atoms with E-state index in [2.05, 4.69) is 0 Å². The minimum atomic E-state index is -1.50. The molecule has 0 aromatic heterocycles. The molecule has 0 spiro atoms. The molecule has 0 amide bonds. The maximum atomic E-state index is 11.5. The molecule has 0 heterocycles. The second-order valence-corrected chi connectivity index (χ2v) is 13.3. The molecule has 22 rings (SSSR count). The average molecular weight is 635 g/mol. The lowest BCUT2D eigenvalue weighted by Gasteiger charge is -2.33. The van der Waals surface area contributed by atoms with E-state index in [9.17, 15) is 30.6 Å². The molecular formula is C42H34O6. The van der Waals surface area contributed by atoms with E-state index in [1.807, 2.05) is 48.5 Å². The largest absolute Gasteiger partial charge is 0.377 e. The van der Waals surface area contributed by atoms with Gasteiger partial charge in [0.1, 0.15) is 33.6 Å². The maximum Gasteiger partial charge on any atom is 0.127 e. The Kier molecular flexibility index (Phi) is 6.52. The SMILES string of the molecule is OC12C=CC(O)(C=C1)c1ccc(cc1)C1(O)C=CC(O)(C=C1)c1ccc(cc1)C1(O)C=CC(O)(C=C1)c1ccc(cc1)-c1ccc2cc1. The molecule has 18 aliphatic carbocycles. The predicted octanol–water partition coefficient (Wildman–Crippen LogP) is 5.27.